The van der Waals surface area contributed by atoms with Crippen molar-refractivity contribution in [3.8, 4) is 0 Å². The Morgan fingerprint density at radius 1 is 0.565 bits per heavy atom. The Morgan fingerprint density at radius 3 is 1.39 bits per heavy atom. The van der Waals surface area contributed by atoms with Gasteiger partial charge in [0.15, 0.2) is 0 Å². The molecule has 0 spiro atoms. The third-order valence-electron chi connectivity index (χ3n) is 4.08. The highest BCUT2D eigenvalue weighted by Crippen LogP contribution is 2.12. The second-order valence-electron chi connectivity index (χ2n) is 6.31. The highest BCUT2D eigenvalue weighted by atomic mass is 32.2. The second-order valence-corrected chi connectivity index (χ2v) is 9.70. The van der Waals surface area contributed by atoms with Crippen LogP contribution in [0.1, 0.15) is 84.0 Å². The molecule has 0 amide bonds. The quantitative estimate of drug-likeness (QED) is 0.370. The molecule has 2 atom stereocenters. The highest BCUT2D eigenvalue weighted by molar-refractivity contribution is 7.88. The van der Waals surface area contributed by atoms with Crippen molar-refractivity contribution in [2.75, 3.05) is 29.6 Å². The van der Waals surface area contributed by atoms with Crippen LogP contribution >= 0.6 is 0 Å². The van der Waals surface area contributed by atoms with E-state index in [0.717, 1.165) is 12.2 Å². The minimum absolute atomic E-state index is 0.0437. The molecule has 3 nitrogen and oxygen atoms in total. The number of hydrogen-bond donors (Lipinski definition) is 1. The van der Waals surface area contributed by atoms with Gasteiger partial charge in [0.25, 0.3) is 0 Å². The van der Waals surface area contributed by atoms with E-state index in [1.165, 1.54) is 70.6 Å². The standard InChI is InChI=1S/C18H38O3S2/c1-2-3-4-5-6-7-8-9-10-11-12-13-15-22(20)17-18-23(21)16-14-19/h19H,2-18H2,1H3. The summed E-state index contributed by atoms with van der Waals surface area (Å²) < 4.78 is 23.1. The average Bonchev–Trinajstić information content (AvgIpc) is 2.54. The molecule has 2 unspecified atom stereocenters. The summed E-state index contributed by atoms with van der Waals surface area (Å²) in [5.74, 6) is 2.04. The zero-order valence-corrected chi connectivity index (χ0v) is 16.7. The van der Waals surface area contributed by atoms with E-state index >= 15 is 0 Å². The topological polar surface area (TPSA) is 54.4 Å². The molecule has 0 aromatic carbocycles. The fourth-order valence-corrected chi connectivity index (χ4v) is 5.22. The number of aliphatic hydroxyl groups excluding tert-OH is 1. The molecule has 0 bridgehead atoms. The third kappa shape index (κ3) is 18.4. The van der Waals surface area contributed by atoms with Gasteiger partial charge in [-0.05, 0) is 6.42 Å². The Morgan fingerprint density at radius 2 is 0.957 bits per heavy atom. The number of aliphatic hydroxyl groups is 1. The van der Waals surface area contributed by atoms with Gasteiger partial charge in [-0.25, -0.2) is 0 Å². The van der Waals surface area contributed by atoms with Crippen molar-refractivity contribution in [1.29, 1.82) is 0 Å². The largest absolute Gasteiger partial charge is 0.395 e. The van der Waals surface area contributed by atoms with E-state index in [2.05, 4.69) is 6.92 Å². The molecule has 0 aromatic rings. The third-order valence-corrected chi connectivity index (χ3v) is 7.04. The second kappa shape index (κ2) is 18.6. The molecule has 0 radical (unpaired) electrons. The lowest BCUT2D eigenvalue weighted by atomic mass is 10.1. The maximum Gasteiger partial charge on any atom is 0.0546 e. The van der Waals surface area contributed by atoms with Crippen LogP contribution in [0.2, 0.25) is 0 Å². The van der Waals surface area contributed by atoms with E-state index in [1.54, 1.807) is 0 Å². The van der Waals surface area contributed by atoms with Gasteiger partial charge in [-0.2, -0.15) is 0 Å². The first-order valence-electron chi connectivity index (χ1n) is 9.51. The molecule has 0 aromatic heterocycles. The summed E-state index contributed by atoms with van der Waals surface area (Å²) in [7, 11) is -1.83. The Hall–Kier alpha value is 0.260. The van der Waals surface area contributed by atoms with Gasteiger partial charge in [-0.1, -0.05) is 77.6 Å². The molecular formula is C18H38O3S2. The van der Waals surface area contributed by atoms with Gasteiger partial charge in [0, 0.05) is 44.6 Å². The lowest BCUT2D eigenvalue weighted by Gasteiger charge is -2.04. The number of unbranched alkanes of at least 4 members (excludes halogenated alkanes) is 11. The summed E-state index contributed by atoms with van der Waals surface area (Å²) in [5.41, 5.74) is 0. The molecule has 0 heterocycles. The van der Waals surface area contributed by atoms with Gasteiger partial charge in [0.1, 0.15) is 0 Å². The molecule has 0 aliphatic heterocycles. The van der Waals surface area contributed by atoms with Crippen molar-refractivity contribution in [1.82, 2.24) is 0 Å². The van der Waals surface area contributed by atoms with Crippen LogP contribution < -0.4 is 0 Å². The smallest absolute Gasteiger partial charge is 0.0546 e. The van der Waals surface area contributed by atoms with Crippen LogP contribution in [0.15, 0.2) is 0 Å². The summed E-state index contributed by atoms with van der Waals surface area (Å²) in [6, 6.07) is 0. The SMILES string of the molecule is CCCCCCCCCCCCCCS(=O)CCS(=O)CCO. The van der Waals surface area contributed by atoms with E-state index < -0.39 is 21.6 Å². The van der Waals surface area contributed by atoms with Crippen LogP contribution in [0.4, 0.5) is 0 Å². The Kier molecular flexibility index (Phi) is 18.8. The maximum absolute atomic E-state index is 11.7. The zero-order chi connectivity index (χ0) is 17.2. The van der Waals surface area contributed by atoms with Gasteiger partial charge in [0.2, 0.25) is 0 Å². The van der Waals surface area contributed by atoms with Gasteiger partial charge in [-0.3, -0.25) is 8.42 Å². The fourth-order valence-electron chi connectivity index (χ4n) is 2.60. The summed E-state index contributed by atoms with van der Waals surface area (Å²) in [6.45, 7) is 2.21. The summed E-state index contributed by atoms with van der Waals surface area (Å²) >= 11 is 0. The van der Waals surface area contributed by atoms with Crippen LogP contribution in [0, 0.1) is 0 Å². The zero-order valence-electron chi connectivity index (χ0n) is 15.1. The molecule has 0 rings (SSSR count). The molecule has 23 heavy (non-hydrogen) atoms. The monoisotopic (exact) mass is 366 g/mol. The average molecular weight is 367 g/mol. The minimum Gasteiger partial charge on any atom is -0.395 e. The van der Waals surface area contributed by atoms with Gasteiger partial charge in [-0.15, -0.1) is 0 Å². The van der Waals surface area contributed by atoms with Crippen molar-refractivity contribution in [3.05, 3.63) is 0 Å². The van der Waals surface area contributed by atoms with Crippen LogP contribution in [0.3, 0.4) is 0 Å². The Bertz CT molecular complexity index is 296. The molecule has 0 fully saturated rings. The summed E-state index contributed by atoms with van der Waals surface area (Å²) in [5, 5.41) is 8.66. The normalized spacial score (nSPS) is 14.0. The molecule has 0 saturated carbocycles. The first kappa shape index (κ1) is 23.3. The molecule has 0 saturated heterocycles. The molecule has 1 N–H and O–H groups in total. The van der Waals surface area contributed by atoms with E-state index in [0.29, 0.717) is 17.3 Å². The van der Waals surface area contributed by atoms with Crippen LogP contribution in [-0.2, 0) is 21.6 Å². The molecule has 0 aliphatic rings. The van der Waals surface area contributed by atoms with Crippen molar-refractivity contribution in [2.45, 2.75) is 84.0 Å². The first-order valence-corrected chi connectivity index (χ1v) is 12.5. The van der Waals surface area contributed by atoms with Crippen molar-refractivity contribution in [2.24, 2.45) is 0 Å². The Labute approximate surface area is 148 Å². The molecule has 140 valence electrons. The predicted molar refractivity (Wildman–Crippen MR) is 104 cm³/mol. The fraction of sp³-hybridized carbons (Fsp3) is 1.00. The van der Waals surface area contributed by atoms with Crippen molar-refractivity contribution < 1.29 is 13.5 Å². The van der Waals surface area contributed by atoms with Crippen LogP contribution in [0.25, 0.3) is 0 Å². The van der Waals surface area contributed by atoms with Crippen LogP contribution in [0.5, 0.6) is 0 Å². The van der Waals surface area contributed by atoms with Crippen molar-refractivity contribution >= 4 is 21.6 Å². The van der Waals surface area contributed by atoms with E-state index in [-0.39, 0.29) is 6.61 Å². The first-order chi connectivity index (χ1) is 11.2. The molecule has 0 aliphatic carbocycles. The summed E-state index contributed by atoms with van der Waals surface area (Å²) in [4.78, 5) is 0. The van der Waals surface area contributed by atoms with E-state index in [1.807, 2.05) is 0 Å². The highest BCUT2D eigenvalue weighted by Gasteiger charge is 2.04. The van der Waals surface area contributed by atoms with Gasteiger partial charge >= 0.3 is 0 Å². The lowest BCUT2D eigenvalue weighted by Crippen LogP contribution is -2.14. The van der Waals surface area contributed by atoms with Gasteiger partial charge < -0.3 is 5.11 Å². The predicted octanol–water partition coefficient (Wildman–Crippen LogP) is 4.18. The van der Waals surface area contributed by atoms with E-state index in [4.69, 9.17) is 5.11 Å². The molecule has 5 heteroatoms. The maximum atomic E-state index is 11.7. The molecular weight excluding hydrogens is 328 g/mol. The number of hydrogen-bond acceptors (Lipinski definition) is 3. The number of rotatable bonds is 18. The summed E-state index contributed by atoms with van der Waals surface area (Å²) in [6.07, 6.45) is 15.8. The van der Waals surface area contributed by atoms with Crippen molar-refractivity contribution in [3.63, 3.8) is 0 Å². The van der Waals surface area contributed by atoms with Crippen LogP contribution in [-0.4, -0.2) is 43.1 Å². The minimum atomic E-state index is -1.00. The van der Waals surface area contributed by atoms with Gasteiger partial charge in [0.05, 0.1) is 6.61 Å². The Balaban J connectivity index is 3.20. The van der Waals surface area contributed by atoms with E-state index in [9.17, 15) is 8.42 Å². The lowest BCUT2D eigenvalue weighted by molar-refractivity contribution is 0.321.